The molecule has 20 heavy (non-hydrogen) atoms. The van der Waals surface area contributed by atoms with E-state index in [9.17, 15) is 5.11 Å². The molecule has 0 saturated carbocycles. The highest BCUT2D eigenvalue weighted by molar-refractivity contribution is 7.21. The van der Waals surface area contributed by atoms with Gasteiger partial charge in [-0.2, -0.15) is 0 Å². The first-order valence-corrected chi connectivity index (χ1v) is 7.33. The van der Waals surface area contributed by atoms with Gasteiger partial charge in [0, 0.05) is 10.1 Å². The lowest BCUT2D eigenvalue weighted by Gasteiger charge is -2.00. The standard InChI is InChI=1S/C17H15NOS/c1-12(18-11-13-7-3-2-4-8-13)17-16(19)14-9-5-6-10-15(14)20-17/h2-10,19H,11H2,1H3. The molecule has 0 unspecified atom stereocenters. The number of thiophene rings is 1. The number of aliphatic imine (C=N–C) groups is 1. The maximum Gasteiger partial charge on any atom is 0.143 e. The van der Waals surface area contributed by atoms with E-state index in [-0.39, 0.29) is 0 Å². The predicted molar refractivity (Wildman–Crippen MR) is 85.8 cm³/mol. The number of hydrogen-bond donors (Lipinski definition) is 1. The summed E-state index contributed by atoms with van der Waals surface area (Å²) in [5.41, 5.74) is 2.06. The third-order valence-corrected chi connectivity index (χ3v) is 4.51. The van der Waals surface area contributed by atoms with Gasteiger partial charge >= 0.3 is 0 Å². The van der Waals surface area contributed by atoms with Crippen LogP contribution in [0.1, 0.15) is 17.4 Å². The van der Waals surface area contributed by atoms with Gasteiger partial charge in [-0.25, -0.2) is 0 Å². The van der Waals surface area contributed by atoms with E-state index >= 15 is 0 Å². The molecule has 0 aliphatic rings. The Balaban J connectivity index is 1.92. The SMILES string of the molecule is CC(=NCc1ccccc1)c1sc2ccccc2c1O. The summed E-state index contributed by atoms with van der Waals surface area (Å²) in [5.74, 6) is 0.347. The quantitative estimate of drug-likeness (QED) is 0.698. The Labute approximate surface area is 122 Å². The van der Waals surface area contributed by atoms with E-state index in [1.807, 2.05) is 49.4 Å². The Kier molecular flexibility index (Phi) is 3.52. The van der Waals surface area contributed by atoms with Gasteiger partial charge in [-0.05, 0) is 24.6 Å². The van der Waals surface area contributed by atoms with Gasteiger partial charge in [0.2, 0.25) is 0 Å². The first-order valence-electron chi connectivity index (χ1n) is 6.51. The second-order valence-corrected chi connectivity index (χ2v) is 5.72. The molecule has 3 aromatic rings. The van der Waals surface area contributed by atoms with Crippen LogP contribution in [0.15, 0.2) is 59.6 Å². The van der Waals surface area contributed by atoms with Crippen LogP contribution in [0.2, 0.25) is 0 Å². The van der Waals surface area contributed by atoms with E-state index in [2.05, 4.69) is 17.1 Å². The van der Waals surface area contributed by atoms with Gasteiger partial charge in [0.15, 0.2) is 0 Å². The van der Waals surface area contributed by atoms with Crippen molar-refractivity contribution in [3.8, 4) is 5.75 Å². The summed E-state index contributed by atoms with van der Waals surface area (Å²) >= 11 is 1.59. The third-order valence-electron chi connectivity index (χ3n) is 3.24. The highest BCUT2D eigenvalue weighted by atomic mass is 32.1. The molecule has 0 fully saturated rings. The van der Waals surface area contributed by atoms with Gasteiger partial charge in [-0.1, -0.05) is 42.5 Å². The average Bonchev–Trinajstić information content (AvgIpc) is 2.84. The molecular formula is C17H15NOS. The largest absolute Gasteiger partial charge is 0.506 e. The predicted octanol–water partition coefficient (Wildman–Crippen LogP) is 4.62. The Morgan fingerprint density at radius 1 is 1.05 bits per heavy atom. The van der Waals surface area contributed by atoms with Crippen molar-refractivity contribution < 1.29 is 5.11 Å². The van der Waals surface area contributed by atoms with E-state index in [1.165, 1.54) is 5.56 Å². The number of nitrogens with zero attached hydrogens (tertiary/aromatic N) is 1. The lowest BCUT2D eigenvalue weighted by Crippen LogP contribution is -1.93. The fourth-order valence-electron chi connectivity index (χ4n) is 2.14. The minimum Gasteiger partial charge on any atom is -0.506 e. The van der Waals surface area contributed by atoms with Crippen LogP contribution in [0.3, 0.4) is 0 Å². The first-order chi connectivity index (χ1) is 9.75. The molecule has 0 amide bonds. The average molecular weight is 281 g/mol. The molecule has 1 N–H and O–H groups in total. The molecule has 1 heterocycles. The summed E-state index contributed by atoms with van der Waals surface area (Å²) in [7, 11) is 0. The Hall–Kier alpha value is -2.13. The van der Waals surface area contributed by atoms with E-state index in [0.29, 0.717) is 12.3 Å². The van der Waals surface area contributed by atoms with Crippen LogP contribution in [-0.2, 0) is 6.54 Å². The Bertz CT molecular complexity index is 759. The number of rotatable bonds is 3. The zero-order chi connectivity index (χ0) is 13.9. The number of aromatic hydroxyl groups is 1. The van der Waals surface area contributed by atoms with Gasteiger partial charge in [0.1, 0.15) is 5.75 Å². The van der Waals surface area contributed by atoms with Crippen molar-refractivity contribution in [2.75, 3.05) is 0 Å². The molecule has 0 atom stereocenters. The molecule has 2 aromatic carbocycles. The molecule has 0 aliphatic carbocycles. The molecule has 2 nitrogen and oxygen atoms in total. The molecule has 0 spiro atoms. The molecule has 0 saturated heterocycles. The summed E-state index contributed by atoms with van der Waals surface area (Å²) in [6.07, 6.45) is 0. The molecule has 0 aliphatic heterocycles. The highest BCUT2D eigenvalue weighted by Crippen LogP contribution is 2.37. The molecule has 0 radical (unpaired) electrons. The molecule has 1 aromatic heterocycles. The van der Waals surface area contributed by atoms with Crippen LogP contribution in [0.4, 0.5) is 0 Å². The van der Waals surface area contributed by atoms with Crippen LogP contribution >= 0.6 is 11.3 Å². The van der Waals surface area contributed by atoms with Crippen molar-refractivity contribution in [1.29, 1.82) is 0 Å². The van der Waals surface area contributed by atoms with E-state index < -0.39 is 0 Å². The molecule has 3 rings (SSSR count). The van der Waals surface area contributed by atoms with Gasteiger partial charge in [-0.3, -0.25) is 4.99 Å². The second kappa shape index (κ2) is 5.47. The van der Waals surface area contributed by atoms with Crippen molar-refractivity contribution in [3.63, 3.8) is 0 Å². The second-order valence-electron chi connectivity index (χ2n) is 4.66. The summed E-state index contributed by atoms with van der Waals surface area (Å²) in [6, 6.07) is 18.0. The van der Waals surface area contributed by atoms with Gasteiger partial charge in [-0.15, -0.1) is 11.3 Å². The lowest BCUT2D eigenvalue weighted by atomic mass is 10.2. The van der Waals surface area contributed by atoms with E-state index in [0.717, 1.165) is 20.7 Å². The topological polar surface area (TPSA) is 32.6 Å². The summed E-state index contributed by atoms with van der Waals surface area (Å²) in [5, 5.41) is 11.2. The summed E-state index contributed by atoms with van der Waals surface area (Å²) < 4.78 is 1.09. The smallest absolute Gasteiger partial charge is 0.143 e. The number of fused-ring (bicyclic) bond motifs is 1. The van der Waals surface area contributed by atoms with E-state index in [1.54, 1.807) is 11.3 Å². The number of benzene rings is 2. The van der Waals surface area contributed by atoms with Gasteiger partial charge in [0.25, 0.3) is 0 Å². The minimum atomic E-state index is 0.347. The molecule has 100 valence electrons. The van der Waals surface area contributed by atoms with Crippen molar-refractivity contribution in [2.45, 2.75) is 13.5 Å². The van der Waals surface area contributed by atoms with Gasteiger partial charge < -0.3 is 5.11 Å². The van der Waals surface area contributed by atoms with Crippen LogP contribution in [-0.4, -0.2) is 10.8 Å². The van der Waals surface area contributed by atoms with Crippen molar-refractivity contribution >= 4 is 27.1 Å². The summed E-state index contributed by atoms with van der Waals surface area (Å²) in [4.78, 5) is 5.45. The monoisotopic (exact) mass is 281 g/mol. The first kappa shape index (κ1) is 12.9. The Morgan fingerprint density at radius 2 is 1.75 bits per heavy atom. The lowest BCUT2D eigenvalue weighted by molar-refractivity contribution is 0.482. The van der Waals surface area contributed by atoms with Gasteiger partial charge in [0.05, 0.1) is 17.1 Å². The van der Waals surface area contributed by atoms with E-state index in [4.69, 9.17) is 0 Å². The fourth-order valence-corrected chi connectivity index (χ4v) is 3.20. The van der Waals surface area contributed by atoms with Crippen molar-refractivity contribution in [3.05, 3.63) is 65.0 Å². The maximum atomic E-state index is 10.3. The summed E-state index contributed by atoms with van der Waals surface area (Å²) in [6.45, 7) is 2.59. The van der Waals surface area contributed by atoms with Crippen molar-refractivity contribution in [1.82, 2.24) is 0 Å². The maximum absolute atomic E-state index is 10.3. The fraction of sp³-hybridized carbons (Fsp3) is 0.118. The molecular weight excluding hydrogens is 266 g/mol. The van der Waals surface area contributed by atoms with Crippen molar-refractivity contribution in [2.24, 2.45) is 4.99 Å². The third kappa shape index (κ3) is 2.45. The highest BCUT2D eigenvalue weighted by Gasteiger charge is 2.12. The van der Waals surface area contributed by atoms with Crippen LogP contribution < -0.4 is 0 Å². The molecule has 3 heteroatoms. The van der Waals surface area contributed by atoms with Crippen LogP contribution in [0.25, 0.3) is 10.1 Å². The van der Waals surface area contributed by atoms with Crippen LogP contribution in [0.5, 0.6) is 5.75 Å². The normalized spacial score (nSPS) is 11.9. The number of hydrogen-bond acceptors (Lipinski definition) is 3. The van der Waals surface area contributed by atoms with Crippen LogP contribution in [0, 0.1) is 0 Å². The minimum absolute atomic E-state index is 0.347. The Morgan fingerprint density at radius 3 is 2.50 bits per heavy atom. The zero-order valence-corrected chi connectivity index (χ0v) is 12.0. The zero-order valence-electron chi connectivity index (χ0n) is 11.2. The molecule has 0 bridgehead atoms.